The molecule has 0 saturated carbocycles. The third-order valence-corrected chi connectivity index (χ3v) is 4.63. The van der Waals surface area contributed by atoms with Crippen molar-refractivity contribution in [2.24, 2.45) is 0 Å². The van der Waals surface area contributed by atoms with Crippen LogP contribution in [0.3, 0.4) is 0 Å². The minimum atomic E-state index is -3.96. The monoisotopic (exact) mass is 333 g/mol. The summed E-state index contributed by atoms with van der Waals surface area (Å²) in [6, 6.07) is 10.9. The molecule has 7 heteroatoms. The Labute approximate surface area is 131 Å². The van der Waals surface area contributed by atoms with Crippen molar-refractivity contribution in [2.75, 3.05) is 4.72 Å². The largest absolute Gasteiger partial charge is 0.423 e. The highest BCUT2D eigenvalue weighted by Crippen LogP contribution is 2.23. The maximum atomic E-state index is 13.7. The van der Waals surface area contributed by atoms with Gasteiger partial charge in [-0.05, 0) is 48.9 Å². The fourth-order valence-corrected chi connectivity index (χ4v) is 3.23. The minimum absolute atomic E-state index is 0.0558. The number of halogens is 1. The topological polar surface area (TPSA) is 76.4 Å². The van der Waals surface area contributed by atoms with Crippen LogP contribution in [0.1, 0.15) is 5.56 Å². The van der Waals surface area contributed by atoms with Crippen LogP contribution in [0, 0.1) is 12.7 Å². The summed E-state index contributed by atoms with van der Waals surface area (Å²) in [5, 5.41) is 0.456. The van der Waals surface area contributed by atoms with Gasteiger partial charge in [-0.1, -0.05) is 6.07 Å². The van der Waals surface area contributed by atoms with Gasteiger partial charge in [-0.25, -0.2) is 17.6 Å². The Morgan fingerprint density at radius 3 is 2.61 bits per heavy atom. The highest BCUT2D eigenvalue weighted by molar-refractivity contribution is 7.92. The fourth-order valence-electron chi connectivity index (χ4n) is 2.14. The summed E-state index contributed by atoms with van der Waals surface area (Å²) in [7, 11) is -3.96. The van der Waals surface area contributed by atoms with Crippen LogP contribution >= 0.6 is 0 Å². The van der Waals surface area contributed by atoms with Gasteiger partial charge in [-0.2, -0.15) is 0 Å². The van der Waals surface area contributed by atoms with Crippen molar-refractivity contribution in [1.29, 1.82) is 0 Å². The third-order valence-electron chi connectivity index (χ3n) is 3.27. The molecule has 0 atom stereocenters. The van der Waals surface area contributed by atoms with Crippen LogP contribution in [0.2, 0.25) is 0 Å². The van der Waals surface area contributed by atoms with E-state index in [9.17, 15) is 17.6 Å². The van der Waals surface area contributed by atoms with Gasteiger partial charge < -0.3 is 4.42 Å². The van der Waals surface area contributed by atoms with Crippen molar-refractivity contribution < 1.29 is 17.2 Å². The SMILES string of the molecule is Cc1ccc(F)c(NS(=O)(=O)c2ccc3oc(=O)ccc3c2)c1. The molecular weight excluding hydrogens is 321 g/mol. The van der Waals surface area contributed by atoms with Crippen LogP contribution in [0.25, 0.3) is 11.0 Å². The first-order valence-electron chi connectivity index (χ1n) is 6.68. The molecule has 1 aromatic heterocycles. The summed E-state index contributed by atoms with van der Waals surface area (Å²) < 4.78 is 45.7. The number of benzene rings is 2. The number of anilines is 1. The van der Waals surface area contributed by atoms with E-state index in [0.717, 1.165) is 5.56 Å². The molecule has 1 heterocycles. The number of rotatable bonds is 3. The first kappa shape index (κ1) is 15.2. The molecule has 0 aliphatic rings. The minimum Gasteiger partial charge on any atom is -0.423 e. The van der Waals surface area contributed by atoms with Gasteiger partial charge in [-0.15, -0.1) is 0 Å². The molecule has 0 unspecified atom stereocenters. The van der Waals surface area contributed by atoms with Gasteiger partial charge in [0.15, 0.2) is 0 Å². The normalized spacial score (nSPS) is 11.6. The van der Waals surface area contributed by atoms with Crippen molar-refractivity contribution in [3.05, 3.63) is 70.3 Å². The summed E-state index contributed by atoms with van der Waals surface area (Å²) in [5.74, 6) is -0.661. The number of sulfonamides is 1. The average molecular weight is 333 g/mol. The molecule has 5 nitrogen and oxygen atoms in total. The van der Waals surface area contributed by atoms with Gasteiger partial charge in [0.25, 0.3) is 10.0 Å². The summed E-state index contributed by atoms with van der Waals surface area (Å²) >= 11 is 0. The van der Waals surface area contributed by atoms with Gasteiger partial charge >= 0.3 is 5.63 Å². The summed E-state index contributed by atoms with van der Waals surface area (Å²) in [6.45, 7) is 1.73. The molecule has 0 bridgehead atoms. The van der Waals surface area contributed by atoms with E-state index in [1.54, 1.807) is 13.0 Å². The first-order chi connectivity index (χ1) is 10.8. The van der Waals surface area contributed by atoms with E-state index in [1.807, 2.05) is 0 Å². The highest BCUT2D eigenvalue weighted by Gasteiger charge is 2.17. The molecule has 3 aromatic rings. The molecule has 2 aromatic carbocycles. The van der Waals surface area contributed by atoms with Crippen molar-refractivity contribution in [1.82, 2.24) is 0 Å². The molecule has 0 aliphatic heterocycles. The van der Waals surface area contributed by atoms with Crippen LogP contribution < -0.4 is 10.3 Å². The van der Waals surface area contributed by atoms with E-state index in [1.165, 1.54) is 42.5 Å². The zero-order chi connectivity index (χ0) is 16.6. The van der Waals surface area contributed by atoms with Gasteiger partial charge in [0.1, 0.15) is 11.4 Å². The van der Waals surface area contributed by atoms with Gasteiger partial charge in [0.05, 0.1) is 10.6 Å². The van der Waals surface area contributed by atoms with Gasteiger partial charge in [0, 0.05) is 11.5 Å². The predicted octanol–water partition coefficient (Wildman–Crippen LogP) is 3.04. The van der Waals surface area contributed by atoms with E-state index in [0.29, 0.717) is 5.39 Å². The Bertz CT molecular complexity index is 1060. The number of nitrogens with one attached hydrogen (secondary N) is 1. The second kappa shape index (κ2) is 5.51. The molecule has 118 valence electrons. The van der Waals surface area contributed by atoms with E-state index in [-0.39, 0.29) is 16.2 Å². The van der Waals surface area contributed by atoms with Crippen molar-refractivity contribution in [2.45, 2.75) is 11.8 Å². The lowest BCUT2D eigenvalue weighted by atomic mass is 10.2. The van der Waals surface area contributed by atoms with Gasteiger partial charge in [-0.3, -0.25) is 4.72 Å². The maximum absolute atomic E-state index is 13.7. The number of fused-ring (bicyclic) bond motifs is 1. The van der Waals surface area contributed by atoms with Crippen LogP contribution in [-0.2, 0) is 10.0 Å². The number of hydrogen-bond acceptors (Lipinski definition) is 4. The Kier molecular flexibility index (Phi) is 3.65. The molecule has 0 amide bonds. The molecule has 0 aliphatic carbocycles. The maximum Gasteiger partial charge on any atom is 0.336 e. The third kappa shape index (κ3) is 3.09. The Morgan fingerprint density at radius 2 is 1.83 bits per heavy atom. The van der Waals surface area contributed by atoms with Crippen LogP contribution in [0.15, 0.2) is 62.6 Å². The predicted molar refractivity (Wildman–Crippen MR) is 84.4 cm³/mol. The van der Waals surface area contributed by atoms with Crippen molar-refractivity contribution in [3.8, 4) is 0 Å². The lowest BCUT2D eigenvalue weighted by molar-refractivity contribution is 0.560. The second-order valence-electron chi connectivity index (χ2n) is 5.04. The Balaban J connectivity index is 2.04. The summed E-state index contributed by atoms with van der Waals surface area (Å²) in [4.78, 5) is 11.1. The second-order valence-corrected chi connectivity index (χ2v) is 6.73. The van der Waals surface area contributed by atoms with E-state index < -0.39 is 21.5 Å². The summed E-state index contributed by atoms with van der Waals surface area (Å²) in [5.41, 5.74) is 0.361. The van der Waals surface area contributed by atoms with Crippen LogP contribution in [0.4, 0.5) is 10.1 Å². The molecular formula is C16H12FNO4S. The molecule has 0 saturated heterocycles. The Hall–Kier alpha value is -2.67. The lowest BCUT2D eigenvalue weighted by Crippen LogP contribution is -2.14. The average Bonchev–Trinajstić information content (AvgIpc) is 2.50. The van der Waals surface area contributed by atoms with Crippen LogP contribution in [-0.4, -0.2) is 8.42 Å². The number of hydrogen-bond donors (Lipinski definition) is 1. The fraction of sp³-hybridized carbons (Fsp3) is 0.0625. The van der Waals surface area contributed by atoms with Crippen molar-refractivity contribution >= 4 is 26.7 Å². The molecule has 3 rings (SSSR count). The zero-order valence-electron chi connectivity index (χ0n) is 12.0. The van der Waals surface area contributed by atoms with Gasteiger partial charge in [0.2, 0.25) is 0 Å². The molecule has 0 spiro atoms. The molecule has 1 N–H and O–H groups in total. The summed E-state index contributed by atoms with van der Waals surface area (Å²) in [6.07, 6.45) is 0. The van der Waals surface area contributed by atoms with E-state index in [2.05, 4.69) is 4.72 Å². The first-order valence-corrected chi connectivity index (χ1v) is 8.16. The highest BCUT2D eigenvalue weighted by atomic mass is 32.2. The zero-order valence-corrected chi connectivity index (χ0v) is 12.9. The number of aryl methyl sites for hydroxylation is 1. The van der Waals surface area contributed by atoms with E-state index in [4.69, 9.17) is 4.42 Å². The molecule has 0 radical (unpaired) electrons. The molecule has 23 heavy (non-hydrogen) atoms. The smallest absolute Gasteiger partial charge is 0.336 e. The lowest BCUT2D eigenvalue weighted by Gasteiger charge is -2.10. The van der Waals surface area contributed by atoms with Crippen LogP contribution in [0.5, 0.6) is 0 Å². The van der Waals surface area contributed by atoms with Crippen molar-refractivity contribution in [3.63, 3.8) is 0 Å². The van der Waals surface area contributed by atoms with E-state index >= 15 is 0 Å². The standard InChI is InChI=1S/C16H12FNO4S/c1-10-2-5-13(17)14(8-10)18-23(20,21)12-4-6-15-11(9-12)3-7-16(19)22-15/h2-9,18H,1H3. The Morgan fingerprint density at radius 1 is 1.04 bits per heavy atom. The molecule has 0 fully saturated rings. The quantitative estimate of drug-likeness (QED) is 0.748.